The predicted molar refractivity (Wildman–Crippen MR) is 135 cm³/mol. The Hall–Kier alpha value is -1.06. The van der Waals surface area contributed by atoms with E-state index in [0.717, 1.165) is 51.4 Å². The van der Waals surface area contributed by atoms with Crippen molar-refractivity contribution < 1.29 is 19.1 Å². The molecule has 0 aliphatic heterocycles. The molecule has 0 saturated heterocycles. The monoisotopic (exact) mass is 454 g/mol. The Morgan fingerprint density at radius 3 is 1.34 bits per heavy atom. The fourth-order valence-electron chi connectivity index (χ4n) is 3.75. The SMILES string of the molecule is CCCCCCCCCCCCCOC(=O)CCCCCCCCC(=O)OCCC(C)C. The minimum absolute atomic E-state index is 0.0405. The average molecular weight is 455 g/mol. The van der Waals surface area contributed by atoms with Crippen molar-refractivity contribution in [1.29, 1.82) is 0 Å². The topological polar surface area (TPSA) is 52.6 Å². The first-order valence-corrected chi connectivity index (χ1v) is 13.9. The molecule has 0 aliphatic carbocycles. The molecule has 0 radical (unpaired) electrons. The highest BCUT2D eigenvalue weighted by Crippen LogP contribution is 2.12. The van der Waals surface area contributed by atoms with E-state index >= 15 is 0 Å². The van der Waals surface area contributed by atoms with Crippen LogP contribution in [0.3, 0.4) is 0 Å². The van der Waals surface area contributed by atoms with E-state index in [1.54, 1.807) is 0 Å². The van der Waals surface area contributed by atoms with Gasteiger partial charge in [0.15, 0.2) is 0 Å². The van der Waals surface area contributed by atoms with Crippen molar-refractivity contribution >= 4 is 11.9 Å². The molecule has 0 bridgehead atoms. The first-order valence-electron chi connectivity index (χ1n) is 13.9. The van der Waals surface area contributed by atoms with Crippen LogP contribution in [-0.4, -0.2) is 25.2 Å². The van der Waals surface area contributed by atoms with E-state index in [4.69, 9.17) is 9.47 Å². The van der Waals surface area contributed by atoms with Gasteiger partial charge < -0.3 is 9.47 Å². The summed E-state index contributed by atoms with van der Waals surface area (Å²) in [5.41, 5.74) is 0. The van der Waals surface area contributed by atoms with Crippen LogP contribution < -0.4 is 0 Å². The first kappa shape index (κ1) is 30.9. The molecular formula is C28H54O4. The zero-order valence-corrected chi connectivity index (χ0v) is 21.8. The molecule has 0 atom stereocenters. The van der Waals surface area contributed by atoms with E-state index in [0.29, 0.717) is 32.0 Å². The highest BCUT2D eigenvalue weighted by atomic mass is 16.5. The molecule has 32 heavy (non-hydrogen) atoms. The highest BCUT2D eigenvalue weighted by molar-refractivity contribution is 5.69. The standard InChI is InChI=1S/C28H54O4/c1-4-5-6-7-8-9-10-11-14-17-20-24-31-27(29)21-18-15-12-13-16-19-22-28(30)32-25-23-26(2)3/h26H,4-25H2,1-3H3. The Morgan fingerprint density at radius 2 is 0.906 bits per heavy atom. The number of unbranched alkanes of at least 4 members (excludes halogenated alkanes) is 15. The first-order chi connectivity index (χ1) is 15.6. The lowest BCUT2D eigenvalue weighted by atomic mass is 10.1. The maximum Gasteiger partial charge on any atom is 0.305 e. The lowest BCUT2D eigenvalue weighted by Gasteiger charge is -2.07. The van der Waals surface area contributed by atoms with Gasteiger partial charge in [0.05, 0.1) is 13.2 Å². The third kappa shape index (κ3) is 25.2. The summed E-state index contributed by atoms with van der Waals surface area (Å²) < 4.78 is 10.6. The van der Waals surface area contributed by atoms with Crippen LogP contribution >= 0.6 is 0 Å². The van der Waals surface area contributed by atoms with Crippen LogP contribution in [-0.2, 0) is 19.1 Å². The summed E-state index contributed by atoms with van der Waals surface area (Å²) in [4.78, 5) is 23.4. The molecule has 0 spiro atoms. The van der Waals surface area contributed by atoms with Crippen molar-refractivity contribution in [3.63, 3.8) is 0 Å². The summed E-state index contributed by atoms with van der Waals surface area (Å²) in [6.45, 7) is 7.66. The van der Waals surface area contributed by atoms with E-state index in [2.05, 4.69) is 20.8 Å². The zero-order chi connectivity index (χ0) is 23.7. The molecule has 4 nitrogen and oxygen atoms in total. The van der Waals surface area contributed by atoms with Crippen LogP contribution in [0.2, 0.25) is 0 Å². The summed E-state index contributed by atoms with van der Waals surface area (Å²) in [6.07, 6.45) is 22.6. The van der Waals surface area contributed by atoms with Crippen LogP contribution in [0, 0.1) is 5.92 Å². The Morgan fingerprint density at radius 1 is 0.531 bits per heavy atom. The normalized spacial score (nSPS) is 11.1. The second-order valence-electron chi connectivity index (χ2n) is 9.78. The van der Waals surface area contributed by atoms with Gasteiger partial charge in [-0.05, 0) is 31.6 Å². The van der Waals surface area contributed by atoms with Crippen LogP contribution in [0.4, 0.5) is 0 Å². The molecule has 0 N–H and O–H groups in total. The summed E-state index contributed by atoms with van der Waals surface area (Å²) in [7, 11) is 0. The fraction of sp³-hybridized carbons (Fsp3) is 0.929. The molecule has 0 heterocycles. The molecule has 0 aliphatic rings. The van der Waals surface area contributed by atoms with Gasteiger partial charge in [-0.25, -0.2) is 0 Å². The van der Waals surface area contributed by atoms with Gasteiger partial charge in [-0.3, -0.25) is 9.59 Å². The molecule has 0 amide bonds. The number of ether oxygens (including phenoxy) is 2. The molecule has 190 valence electrons. The van der Waals surface area contributed by atoms with E-state index in [1.807, 2.05) is 0 Å². The molecule has 0 unspecified atom stereocenters. The maximum absolute atomic E-state index is 11.8. The van der Waals surface area contributed by atoms with Gasteiger partial charge in [0.25, 0.3) is 0 Å². The van der Waals surface area contributed by atoms with Crippen molar-refractivity contribution in [2.24, 2.45) is 5.92 Å². The Labute approximate surface area is 199 Å². The molecule has 0 fully saturated rings. The van der Waals surface area contributed by atoms with Gasteiger partial charge in [0, 0.05) is 12.8 Å². The molecule has 0 aromatic rings. The van der Waals surface area contributed by atoms with Crippen molar-refractivity contribution in [1.82, 2.24) is 0 Å². The van der Waals surface area contributed by atoms with Crippen molar-refractivity contribution in [2.45, 2.75) is 149 Å². The van der Waals surface area contributed by atoms with E-state index in [9.17, 15) is 9.59 Å². The minimum Gasteiger partial charge on any atom is -0.466 e. The predicted octanol–water partition coefficient (Wildman–Crippen LogP) is 8.55. The number of esters is 2. The van der Waals surface area contributed by atoms with E-state index < -0.39 is 0 Å². The van der Waals surface area contributed by atoms with Crippen LogP contribution in [0.1, 0.15) is 149 Å². The number of rotatable bonds is 24. The summed E-state index contributed by atoms with van der Waals surface area (Å²) in [6, 6.07) is 0. The Kier molecular flexibility index (Phi) is 23.8. The molecular weight excluding hydrogens is 400 g/mol. The largest absolute Gasteiger partial charge is 0.466 e. The summed E-state index contributed by atoms with van der Waals surface area (Å²) in [5.74, 6) is 0.469. The van der Waals surface area contributed by atoms with Gasteiger partial charge in [0.2, 0.25) is 0 Å². The second-order valence-corrected chi connectivity index (χ2v) is 9.78. The van der Waals surface area contributed by atoms with Gasteiger partial charge in [-0.15, -0.1) is 0 Å². The van der Waals surface area contributed by atoms with Crippen LogP contribution in [0.5, 0.6) is 0 Å². The van der Waals surface area contributed by atoms with Gasteiger partial charge in [-0.2, -0.15) is 0 Å². The number of carbonyl (C=O) groups excluding carboxylic acids is 2. The molecule has 0 rings (SSSR count). The van der Waals surface area contributed by atoms with E-state index in [-0.39, 0.29) is 11.9 Å². The third-order valence-electron chi connectivity index (χ3n) is 5.98. The third-order valence-corrected chi connectivity index (χ3v) is 5.98. The highest BCUT2D eigenvalue weighted by Gasteiger charge is 2.05. The van der Waals surface area contributed by atoms with Gasteiger partial charge in [0.1, 0.15) is 0 Å². The fourth-order valence-corrected chi connectivity index (χ4v) is 3.75. The zero-order valence-electron chi connectivity index (χ0n) is 21.8. The number of carbonyl (C=O) groups is 2. The van der Waals surface area contributed by atoms with Crippen LogP contribution in [0.15, 0.2) is 0 Å². The molecule has 0 aromatic carbocycles. The number of hydrogen-bond donors (Lipinski definition) is 0. The smallest absolute Gasteiger partial charge is 0.305 e. The van der Waals surface area contributed by atoms with Crippen molar-refractivity contribution in [2.75, 3.05) is 13.2 Å². The lowest BCUT2D eigenvalue weighted by Crippen LogP contribution is -2.07. The van der Waals surface area contributed by atoms with Crippen molar-refractivity contribution in [3.8, 4) is 0 Å². The summed E-state index contributed by atoms with van der Waals surface area (Å²) >= 11 is 0. The maximum atomic E-state index is 11.8. The minimum atomic E-state index is -0.0637. The van der Waals surface area contributed by atoms with E-state index in [1.165, 1.54) is 64.2 Å². The summed E-state index contributed by atoms with van der Waals surface area (Å²) in [5, 5.41) is 0. The van der Waals surface area contributed by atoms with Crippen molar-refractivity contribution in [3.05, 3.63) is 0 Å². The average Bonchev–Trinajstić information content (AvgIpc) is 2.76. The second kappa shape index (κ2) is 24.6. The number of hydrogen-bond acceptors (Lipinski definition) is 4. The quantitative estimate of drug-likeness (QED) is 0.108. The Balaban J connectivity index is 3.25. The molecule has 0 saturated carbocycles. The lowest BCUT2D eigenvalue weighted by molar-refractivity contribution is -0.145. The van der Waals surface area contributed by atoms with Gasteiger partial charge >= 0.3 is 11.9 Å². The molecule has 0 aromatic heterocycles. The Bertz CT molecular complexity index is 420. The van der Waals surface area contributed by atoms with Gasteiger partial charge in [-0.1, -0.05) is 111 Å². The van der Waals surface area contributed by atoms with Crippen LogP contribution in [0.25, 0.3) is 0 Å². The molecule has 4 heteroatoms.